The molecule has 2 rings (SSSR count). The second-order valence-corrected chi connectivity index (χ2v) is 6.06. The lowest BCUT2D eigenvalue weighted by Crippen LogP contribution is -2.53. The molecule has 6 heteroatoms. The predicted octanol–water partition coefficient (Wildman–Crippen LogP) is 1.10. The van der Waals surface area contributed by atoms with Gasteiger partial charge in [0.25, 0.3) is 0 Å². The van der Waals surface area contributed by atoms with Crippen LogP contribution in [-0.4, -0.2) is 34.2 Å². The molecular formula is C14H25N3O3. The highest BCUT2D eigenvalue weighted by Gasteiger charge is 2.46. The van der Waals surface area contributed by atoms with Crippen LogP contribution in [-0.2, 0) is 4.79 Å². The second kappa shape index (κ2) is 6.43. The fraction of sp³-hybridized carbons (Fsp3) is 0.857. The van der Waals surface area contributed by atoms with Gasteiger partial charge in [0.15, 0.2) is 5.84 Å². The Morgan fingerprint density at radius 3 is 2.45 bits per heavy atom. The van der Waals surface area contributed by atoms with Crippen molar-refractivity contribution < 1.29 is 15.1 Å². The molecule has 0 heterocycles. The molecule has 2 unspecified atom stereocenters. The zero-order chi connectivity index (χ0) is 14.6. The van der Waals surface area contributed by atoms with Gasteiger partial charge in [0.2, 0.25) is 5.91 Å². The molecule has 0 aromatic heterocycles. The lowest BCUT2D eigenvalue weighted by molar-refractivity contribution is -0.129. The van der Waals surface area contributed by atoms with Crippen LogP contribution in [0.2, 0.25) is 0 Å². The molecule has 2 fully saturated rings. The first-order chi connectivity index (χ1) is 9.60. The van der Waals surface area contributed by atoms with Crippen LogP contribution in [0.15, 0.2) is 5.16 Å². The quantitative estimate of drug-likeness (QED) is 0.204. The molecule has 2 saturated carbocycles. The maximum Gasteiger partial charge on any atom is 0.234 e. The van der Waals surface area contributed by atoms with E-state index in [0.29, 0.717) is 12.8 Å². The van der Waals surface area contributed by atoms with Gasteiger partial charge in [0, 0.05) is 0 Å². The van der Waals surface area contributed by atoms with Crippen LogP contribution >= 0.6 is 0 Å². The summed E-state index contributed by atoms with van der Waals surface area (Å²) in [5.41, 5.74) is 4.87. The van der Waals surface area contributed by atoms with Crippen molar-refractivity contribution in [3.05, 3.63) is 0 Å². The van der Waals surface area contributed by atoms with Crippen LogP contribution in [0.4, 0.5) is 0 Å². The molecule has 0 aliphatic heterocycles. The van der Waals surface area contributed by atoms with Gasteiger partial charge in [0.05, 0.1) is 12.1 Å². The minimum atomic E-state index is -0.888. The fourth-order valence-electron chi connectivity index (χ4n) is 3.44. The first-order valence-corrected chi connectivity index (χ1v) is 7.57. The molecule has 6 nitrogen and oxygen atoms in total. The van der Waals surface area contributed by atoms with Crippen LogP contribution < -0.4 is 11.1 Å². The van der Waals surface area contributed by atoms with E-state index >= 15 is 0 Å². The maximum absolute atomic E-state index is 12.6. The lowest BCUT2D eigenvalue weighted by atomic mass is 9.83. The van der Waals surface area contributed by atoms with Gasteiger partial charge in [-0.25, -0.2) is 0 Å². The molecular weight excluding hydrogens is 258 g/mol. The maximum atomic E-state index is 12.6. The van der Waals surface area contributed by atoms with E-state index in [1.807, 2.05) is 0 Å². The summed E-state index contributed by atoms with van der Waals surface area (Å²) in [6.07, 6.45) is 7.14. The number of rotatable bonds is 3. The Morgan fingerprint density at radius 2 is 1.80 bits per heavy atom. The summed E-state index contributed by atoms with van der Waals surface area (Å²) in [4.78, 5) is 12.6. The van der Waals surface area contributed by atoms with Crippen molar-refractivity contribution in [1.29, 1.82) is 0 Å². The zero-order valence-electron chi connectivity index (χ0n) is 11.8. The molecule has 2 aliphatic carbocycles. The number of amidine groups is 1. The van der Waals surface area contributed by atoms with Gasteiger partial charge in [-0.05, 0) is 25.7 Å². The van der Waals surface area contributed by atoms with Gasteiger partial charge in [0.1, 0.15) is 5.41 Å². The average Bonchev–Trinajstić information content (AvgIpc) is 2.87. The van der Waals surface area contributed by atoms with E-state index in [0.717, 1.165) is 44.9 Å². The second-order valence-electron chi connectivity index (χ2n) is 6.06. The number of nitrogens with one attached hydrogen (secondary N) is 1. The summed E-state index contributed by atoms with van der Waals surface area (Å²) < 4.78 is 0. The van der Waals surface area contributed by atoms with Crippen molar-refractivity contribution in [2.24, 2.45) is 16.3 Å². The standard InChI is InChI=1S/C14H25N3O3/c15-12(17-20)14(8-4-5-9-14)13(19)16-10-6-2-1-3-7-11(10)18/h10-11,18,20H,1-9H2,(H2,15,17)(H,16,19). The van der Waals surface area contributed by atoms with Gasteiger partial charge in [-0.1, -0.05) is 37.3 Å². The Hall–Kier alpha value is -1.30. The lowest BCUT2D eigenvalue weighted by Gasteiger charge is -2.30. The number of aliphatic hydroxyl groups excluding tert-OH is 1. The summed E-state index contributed by atoms with van der Waals surface area (Å²) in [5.74, 6) is -0.202. The number of nitrogens with zero attached hydrogens (tertiary/aromatic N) is 1. The minimum absolute atomic E-state index is 0.00406. The first kappa shape index (κ1) is 15.1. The Labute approximate surface area is 119 Å². The summed E-state index contributed by atoms with van der Waals surface area (Å²) in [5, 5.41) is 25.1. The van der Waals surface area contributed by atoms with Crippen LogP contribution in [0, 0.1) is 5.41 Å². The van der Waals surface area contributed by atoms with Crippen molar-refractivity contribution in [2.75, 3.05) is 0 Å². The third kappa shape index (κ3) is 2.90. The fourth-order valence-corrected chi connectivity index (χ4v) is 3.44. The van der Waals surface area contributed by atoms with Crippen molar-refractivity contribution >= 4 is 11.7 Å². The summed E-state index contributed by atoms with van der Waals surface area (Å²) in [6.45, 7) is 0. The predicted molar refractivity (Wildman–Crippen MR) is 75.3 cm³/mol. The van der Waals surface area contributed by atoms with Gasteiger partial charge < -0.3 is 21.4 Å². The molecule has 0 spiro atoms. The van der Waals surface area contributed by atoms with E-state index in [4.69, 9.17) is 10.9 Å². The van der Waals surface area contributed by atoms with Gasteiger partial charge in [-0.3, -0.25) is 4.79 Å². The summed E-state index contributed by atoms with van der Waals surface area (Å²) >= 11 is 0. The van der Waals surface area contributed by atoms with Crippen molar-refractivity contribution in [3.63, 3.8) is 0 Å². The van der Waals surface area contributed by atoms with Crippen molar-refractivity contribution in [3.8, 4) is 0 Å². The van der Waals surface area contributed by atoms with Gasteiger partial charge in [-0.15, -0.1) is 0 Å². The molecule has 20 heavy (non-hydrogen) atoms. The van der Waals surface area contributed by atoms with Crippen LogP contribution in [0.25, 0.3) is 0 Å². The third-order valence-electron chi connectivity index (χ3n) is 4.79. The van der Waals surface area contributed by atoms with E-state index in [2.05, 4.69) is 10.5 Å². The van der Waals surface area contributed by atoms with Gasteiger partial charge in [-0.2, -0.15) is 0 Å². The topological polar surface area (TPSA) is 108 Å². The number of carbonyl (C=O) groups excluding carboxylic acids is 1. The normalized spacial score (nSPS) is 30.8. The number of carbonyl (C=O) groups is 1. The zero-order valence-corrected chi connectivity index (χ0v) is 11.8. The summed E-state index contributed by atoms with van der Waals surface area (Å²) in [7, 11) is 0. The van der Waals surface area contributed by atoms with Crippen molar-refractivity contribution in [1.82, 2.24) is 5.32 Å². The Bertz CT molecular complexity index is 378. The summed E-state index contributed by atoms with van der Waals surface area (Å²) in [6, 6.07) is -0.214. The van der Waals surface area contributed by atoms with E-state index in [-0.39, 0.29) is 17.8 Å². The average molecular weight is 283 g/mol. The number of aliphatic hydroxyl groups is 1. The van der Waals surface area contributed by atoms with Gasteiger partial charge >= 0.3 is 0 Å². The monoisotopic (exact) mass is 283 g/mol. The van der Waals surface area contributed by atoms with Crippen LogP contribution in [0.5, 0.6) is 0 Å². The Balaban J connectivity index is 2.08. The van der Waals surface area contributed by atoms with E-state index in [9.17, 15) is 9.90 Å². The molecule has 114 valence electrons. The molecule has 2 aliphatic rings. The molecule has 0 bridgehead atoms. The number of amides is 1. The molecule has 0 radical (unpaired) electrons. The molecule has 2 atom stereocenters. The highest BCUT2D eigenvalue weighted by molar-refractivity contribution is 6.07. The number of hydrogen-bond donors (Lipinski definition) is 4. The van der Waals surface area contributed by atoms with E-state index < -0.39 is 11.5 Å². The molecule has 0 aromatic carbocycles. The largest absolute Gasteiger partial charge is 0.409 e. The smallest absolute Gasteiger partial charge is 0.234 e. The highest BCUT2D eigenvalue weighted by Crippen LogP contribution is 2.39. The number of oxime groups is 1. The Morgan fingerprint density at radius 1 is 1.15 bits per heavy atom. The Kier molecular flexibility index (Phi) is 4.86. The van der Waals surface area contributed by atoms with Crippen LogP contribution in [0.1, 0.15) is 57.8 Å². The van der Waals surface area contributed by atoms with E-state index in [1.165, 1.54) is 0 Å². The molecule has 1 amide bonds. The molecule has 0 aromatic rings. The van der Waals surface area contributed by atoms with Crippen molar-refractivity contribution in [2.45, 2.75) is 69.9 Å². The molecule has 5 N–H and O–H groups in total. The number of nitrogens with two attached hydrogens (primary N) is 1. The van der Waals surface area contributed by atoms with Crippen LogP contribution in [0.3, 0.4) is 0 Å². The SMILES string of the molecule is NC(=NO)C1(C(=O)NC2CCCCCC2O)CCCC1. The third-order valence-corrected chi connectivity index (χ3v) is 4.79. The molecule has 0 saturated heterocycles. The number of hydrogen-bond acceptors (Lipinski definition) is 4. The minimum Gasteiger partial charge on any atom is -0.409 e. The highest BCUT2D eigenvalue weighted by atomic mass is 16.4. The van der Waals surface area contributed by atoms with E-state index in [1.54, 1.807) is 0 Å². The first-order valence-electron chi connectivity index (χ1n) is 7.57.